The van der Waals surface area contributed by atoms with Crippen molar-refractivity contribution in [3.63, 3.8) is 0 Å². The Morgan fingerprint density at radius 2 is 1.67 bits per heavy atom. The van der Waals surface area contributed by atoms with Crippen LogP contribution in [0.5, 0.6) is 17.2 Å². The first-order chi connectivity index (χ1) is 15.7. The highest BCUT2D eigenvalue weighted by molar-refractivity contribution is 5.89. The average Bonchev–Trinajstić information content (AvgIpc) is 2.80. The maximum absolute atomic E-state index is 13.3. The third-order valence-electron chi connectivity index (χ3n) is 5.68. The lowest BCUT2D eigenvalue weighted by Gasteiger charge is -2.40. The van der Waals surface area contributed by atoms with E-state index < -0.39 is 5.41 Å². The topological polar surface area (TPSA) is 74.3 Å². The second-order valence-corrected chi connectivity index (χ2v) is 8.98. The Morgan fingerprint density at radius 3 is 2.24 bits per heavy atom. The first-order valence-corrected chi connectivity index (χ1v) is 11.2. The quantitative estimate of drug-likeness (QED) is 0.575. The van der Waals surface area contributed by atoms with Gasteiger partial charge in [0, 0.05) is 12.0 Å². The van der Waals surface area contributed by atoms with Gasteiger partial charge in [-0.3, -0.25) is 4.79 Å². The molecular formula is C26H33NO6. The number of carbonyl (C=O) groups is 2. The third-order valence-corrected chi connectivity index (χ3v) is 5.68. The van der Waals surface area contributed by atoms with Crippen LogP contribution in [0.25, 0.3) is 0 Å². The number of hydrogen-bond acceptors (Lipinski definition) is 6. The number of amides is 1. The fraction of sp³-hybridized carbons (Fsp3) is 0.462. The van der Waals surface area contributed by atoms with E-state index >= 15 is 0 Å². The van der Waals surface area contributed by atoms with Gasteiger partial charge in [0.15, 0.2) is 11.5 Å². The van der Waals surface area contributed by atoms with E-state index in [4.69, 9.17) is 18.9 Å². The molecule has 0 saturated carbocycles. The van der Waals surface area contributed by atoms with Gasteiger partial charge in [-0.15, -0.1) is 0 Å². The number of esters is 1. The fourth-order valence-electron chi connectivity index (χ4n) is 3.96. The van der Waals surface area contributed by atoms with Crippen LogP contribution in [0, 0.1) is 5.41 Å². The van der Waals surface area contributed by atoms with E-state index in [1.807, 2.05) is 37.8 Å². The summed E-state index contributed by atoms with van der Waals surface area (Å²) in [4.78, 5) is 27.1. The van der Waals surface area contributed by atoms with E-state index in [2.05, 4.69) is 0 Å². The summed E-state index contributed by atoms with van der Waals surface area (Å²) in [6, 6.07) is 10.5. The van der Waals surface area contributed by atoms with Gasteiger partial charge in [-0.2, -0.15) is 0 Å². The lowest BCUT2D eigenvalue weighted by molar-refractivity contribution is -0.143. The van der Waals surface area contributed by atoms with Gasteiger partial charge in [-0.1, -0.05) is 20.8 Å². The van der Waals surface area contributed by atoms with Crippen LogP contribution in [-0.2, 0) is 16.0 Å². The number of ether oxygens (including phenoxy) is 4. The van der Waals surface area contributed by atoms with E-state index in [9.17, 15) is 9.59 Å². The summed E-state index contributed by atoms with van der Waals surface area (Å²) in [7, 11) is 3.21. The number of rotatable bonds is 7. The Bertz CT molecular complexity index is 993. The van der Waals surface area contributed by atoms with Gasteiger partial charge in [0.25, 0.3) is 0 Å². The summed E-state index contributed by atoms with van der Waals surface area (Å²) >= 11 is 0. The van der Waals surface area contributed by atoms with E-state index in [1.54, 1.807) is 45.4 Å². The molecule has 0 fully saturated rings. The summed E-state index contributed by atoms with van der Waals surface area (Å²) in [5.41, 5.74) is 2.04. The number of fused-ring (bicyclic) bond motifs is 1. The van der Waals surface area contributed by atoms with Gasteiger partial charge in [0.1, 0.15) is 12.4 Å². The summed E-state index contributed by atoms with van der Waals surface area (Å²) < 4.78 is 22.1. The Balaban J connectivity index is 1.90. The summed E-state index contributed by atoms with van der Waals surface area (Å²) in [5, 5.41) is 0. The van der Waals surface area contributed by atoms with E-state index in [0.717, 1.165) is 17.5 Å². The number of methoxy groups -OCH3 is 2. The van der Waals surface area contributed by atoms with Gasteiger partial charge < -0.3 is 23.8 Å². The van der Waals surface area contributed by atoms with Crippen molar-refractivity contribution in [2.24, 2.45) is 5.41 Å². The molecule has 1 heterocycles. The average molecular weight is 456 g/mol. The molecule has 2 aromatic rings. The van der Waals surface area contributed by atoms with Gasteiger partial charge in [0.2, 0.25) is 5.91 Å². The first-order valence-electron chi connectivity index (χ1n) is 11.2. The Hall–Kier alpha value is -3.22. The molecule has 1 unspecified atom stereocenters. The van der Waals surface area contributed by atoms with Crippen LogP contribution in [0.3, 0.4) is 0 Å². The minimum atomic E-state index is -0.520. The Labute approximate surface area is 195 Å². The maximum atomic E-state index is 13.3. The first kappa shape index (κ1) is 24.4. The molecular weight excluding hydrogens is 422 g/mol. The zero-order chi connectivity index (χ0) is 24.2. The van der Waals surface area contributed by atoms with Crippen LogP contribution < -0.4 is 14.2 Å². The van der Waals surface area contributed by atoms with Crippen LogP contribution in [-0.4, -0.2) is 50.8 Å². The molecule has 1 amide bonds. The molecule has 7 heteroatoms. The third kappa shape index (κ3) is 5.41. The van der Waals surface area contributed by atoms with Crippen molar-refractivity contribution in [2.75, 3.05) is 34.0 Å². The lowest BCUT2D eigenvalue weighted by atomic mass is 9.88. The summed E-state index contributed by atoms with van der Waals surface area (Å²) in [6.45, 7) is 8.72. The minimum Gasteiger partial charge on any atom is -0.493 e. The molecule has 2 aromatic carbocycles. The highest BCUT2D eigenvalue weighted by Crippen LogP contribution is 2.39. The van der Waals surface area contributed by atoms with Crippen molar-refractivity contribution in [2.45, 2.75) is 40.2 Å². The van der Waals surface area contributed by atoms with Crippen molar-refractivity contribution >= 4 is 11.9 Å². The molecule has 1 aliphatic rings. The highest BCUT2D eigenvalue weighted by Gasteiger charge is 2.37. The molecule has 33 heavy (non-hydrogen) atoms. The molecule has 0 spiro atoms. The summed E-state index contributed by atoms with van der Waals surface area (Å²) in [5.74, 6) is 1.59. The molecule has 0 radical (unpaired) electrons. The smallest absolute Gasteiger partial charge is 0.338 e. The van der Waals surface area contributed by atoms with Gasteiger partial charge in [0.05, 0.1) is 32.4 Å². The molecule has 0 aromatic heterocycles. The fourth-order valence-corrected chi connectivity index (χ4v) is 3.96. The SMILES string of the molecule is CCOC(=O)c1ccc(OCC2c3cc(OC)c(OC)cc3CCN2C(=O)C(C)(C)C)cc1. The Morgan fingerprint density at radius 1 is 1.03 bits per heavy atom. The predicted molar refractivity (Wildman–Crippen MR) is 125 cm³/mol. The molecule has 1 atom stereocenters. The van der Waals surface area contributed by atoms with Crippen molar-refractivity contribution in [3.8, 4) is 17.2 Å². The van der Waals surface area contributed by atoms with E-state index in [-0.39, 0.29) is 24.5 Å². The second-order valence-electron chi connectivity index (χ2n) is 8.98. The molecule has 0 bridgehead atoms. The number of hydrogen-bond donors (Lipinski definition) is 0. The van der Waals surface area contributed by atoms with Crippen LogP contribution >= 0.6 is 0 Å². The van der Waals surface area contributed by atoms with Crippen LogP contribution in [0.2, 0.25) is 0 Å². The van der Waals surface area contributed by atoms with Crippen LogP contribution in [0.4, 0.5) is 0 Å². The monoisotopic (exact) mass is 455 g/mol. The molecule has 3 rings (SSSR count). The van der Waals surface area contributed by atoms with E-state index in [0.29, 0.717) is 36.0 Å². The number of carbonyl (C=O) groups excluding carboxylic acids is 2. The van der Waals surface area contributed by atoms with Crippen molar-refractivity contribution in [1.29, 1.82) is 0 Å². The number of benzene rings is 2. The Kier molecular flexibility index (Phi) is 7.51. The second kappa shape index (κ2) is 10.1. The van der Waals surface area contributed by atoms with Gasteiger partial charge >= 0.3 is 5.97 Å². The maximum Gasteiger partial charge on any atom is 0.338 e. The molecule has 178 valence electrons. The largest absolute Gasteiger partial charge is 0.493 e. The van der Waals surface area contributed by atoms with Crippen molar-refractivity contribution in [3.05, 3.63) is 53.1 Å². The number of nitrogens with zero attached hydrogens (tertiary/aromatic N) is 1. The molecule has 0 saturated heterocycles. The molecule has 7 nitrogen and oxygen atoms in total. The van der Waals surface area contributed by atoms with Gasteiger partial charge in [-0.25, -0.2) is 4.79 Å². The molecule has 0 N–H and O–H groups in total. The standard InChI is InChI=1S/C26H33NO6/c1-7-32-24(28)17-8-10-19(11-9-17)33-16-21-20-15-23(31-6)22(30-5)14-18(20)12-13-27(21)25(29)26(2,3)4/h8-11,14-15,21H,7,12-13,16H2,1-6H3. The summed E-state index contributed by atoms with van der Waals surface area (Å²) in [6.07, 6.45) is 0.724. The van der Waals surface area contributed by atoms with Crippen LogP contribution in [0.1, 0.15) is 55.2 Å². The van der Waals surface area contributed by atoms with Crippen LogP contribution in [0.15, 0.2) is 36.4 Å². The normalized spacial score (nSPS) is 15.5. The molecule has 1 aliphatic heterocycles. The highest BCUT2D eigenvalue weighted by atomic mass is 16.5. The lowest BCUT2D eigenvalue weighted by Crippen LogP contribution is -2.47. The zero-order valence-electron chi connectivity index (χ0n) is 20.3. The zero-order valence-corrected chi connectivity index (χ0v) is 20.3. The predicted octanol–water partition coefficient (Wildman–Crippen LogP) is 4.43. The molecule has 0 aliphatic carbocycles. The van der Waals surface area contributed by atoms with Gasteiger partial charge in [-0.05, 0) is 60.9 Å². The van der Waals surface area contributed by atoms with Crippen molar-refractivity contribution in [1.82, 2.24) is 4.90 Å². The minimum absolute atomic E-state index is 0.0641. The van der Waals surface area contributed by atoms with Crippen molar-refractivity contribution < 1.29 is 28.5 Å². The van der Waals surface area contributed by atoms with E-state index in [1.165, 1.54) is 0 Å².